The summed E-state index contributed by atoms with van der Waals surface area (Å²) in [5, 5.41) is 23.7. The number of nitrogens with two attached hydrogens (primary N) is 2. The van der Waals surface area contributed by atoms with Crippen LogP contribution in [0.5, 0.6) is 0 Å². The quantitative estimate of drug-likeness (QED) is 0.350. The maximum atomic E-state index is 14.9. The lowest BCUT2D eigenvalue weighted by Gasteiger charge is -2.25. The molecule has 0 unspecified atom stereocenters. The maximum absolute atomic E-state index is 14.9. The number of aromatic nitrogens is 4. The van der Waals surface area contributed by atoms with Crippen LogP contribution >= 0.6 is 11.6 Å². The summed E-state index contributed by atoms with van der Waals surface area (Å²) in [6.07, 6.45) is 1.20. The van der Waals surface area contributed by atoms with Gasteiger partial charge in [-0.3, -0.25) is 0 Å². The first-order chi connectivity index (χ1) is 16.2. The van der Waals surface area contributed by atoms with E-state index in [1.807, 2.05) is 17.6 Å². The van der Waals surface area contributed by atoms with Gasteiger partial charge in [0.1, 0.15) is 35.5 Å². The molecule has 0 aliphatic heterocycles. The molecule has 176 valence electrons. The highest BCUT2D eigenvalue weighted by molar-refractivity contribution is 6.33. The van der Waals surface area contributed by atoms with E-state index in [1.165, 1.54) is 12.4 Å². The molecule has 8 nitrogen and oxygen atoms in total. The summed E-state index contributed by atoms with van der Waals surface area (Å²) in [6.45, 7) is 1.93. The Balaban J connectivity index is 1.30. The van der Waals surface area contributed by atoms with Gasteiger partial charge < -0.3 is 26.2 Å². The Hall–Kier alpha value is -3.01. The van der Waals surface area contributed by atoms with Crippen LogP contribution in [0.3, 0.4) is 0 Å². The van der Waals surface area contributed by atoms with Crippen molar-refractivity contribution < 1.29 is 14.6 Å². The van der Waals surface area contributed by atoms with Gasteiger partial charge in [0.05, 0.1) is 28.1 Å². The zero-order chi connectivity index (χ0) is 23.9. The zero-order valence-corrected chi connectivity index (χ0v) is 19.2. The Morgan fingerprint density at radius 2 is 1.97 bits per heavy atom. The number of rotatable bonds is 4. The molecule has 0 amide bonds. The molecule has 3 aromatic heterocycles. The molecule has 1 aromatic carbocycles. The summed E-state index contributed by atoms with van der Waals surface area (Å²) >= 11 is 6.01. The molecular formula is C24H24ClFN6O2. The van der Waals surface area contributed by atoms with Crippen molar-refractivity contribution >= 4 is 45.2 Å². The first kappa shape index (κ1) is 21.5. The summed E-state index contributed by atoms with van der Waals surface area (Å²) in [4.78, 5) is 12.7. The number of halogens is 2. The molecule has 2 fully saturated rings. The zero-order valence-electron chi connectivity index (χ0n) is 18.4. The maximum Gasteiger partial charge on any atom is 0.146 e. The number of fused-ring (bicyclic) bond motifs is 3. The van der Waals surface area contributed by atoms with Crippen LogP contribution < -0.4 is 11.5 Å². The SMILES string of the molecule is Cc1cc2c(N)ncnc2n1[C@H]1[C@H](O)[C@H](O)[C@@]2(CCc3cc4nc(N)c(Cl)cc4cc3F)C[C@H]12. The number of hydrogen-bond acceptors (Lipinski definition) is 7. The van der Waals surface area contributed by atoms with Crippen LogP contribution in [0.25, 0.3) is 21.9 Å². The fraction of sp³-hybridized carbons (Fsp3) is 0.375. The van der Waals surface area contributed by atoms with Gasteiger partial charge in [0.25, 0.3) is 0 Å². The smallest absolute Gasteiger partial charge is 0.146 e. The molecule has 2 saturated carbocycles. The van der Waals surface area contributed by atoms with E-state index in [0.717, 1.165) is 17.5 Å². The highest BCUT2D eigenvalue weighted by Gasteiger charge is 2.70. The number of aliphatic hydroxyl groups is 2. The van der Waals surface area contributed by atoms with E-state index in [0.29, 0.717) is 40.8 Å². The average molecular weight is 483 g/mol. The molecule has 4 aromatic rings. The number of benzene rings is 1. The van der Waals surface area contributed by atoms with Crippen LogP contribution in [0.2, 0.25) is 5.02 Å². The van der Waals surface area contributed by atoms with Gasteiger partial charge in [-0.25, -0.2) is 19.3 Å². The van der Waals surface area contributed by atoms with Crippen molar-refractivity contribution in [3.63, 3.8) is 0 Å². The Morgan fingerprint density at radius 3 is 2.76 bits per heavy atom. The average Bonchev–Trinajstić information content (AvgIpc) is 3.36. The van der Waals surface area contributed by atoms with Gasteiger partial charge in [0.15, 0.2) is 0 Å². The Kier molecular flexibility index (Phi) is 4.58. The number of anilines is 2. The lowest BCUT2D eigenvalue weighted by molar-refractivity contribution is -0.0194. The first-order valence-electron chi connectivity index (χ1n) is 11.2. The van der Waals surface area contributed by atoms with E-state index in [2.05, 4.69) is 15.0 Å². The third kappa shape index (κ3) is 2.93. The van der Waals surface area contributed by atoms with E-state index >= 15 is 0 Å². The van der Waals surface area contributed by atoms with E-state index in [-0.39, 0.29) is 28.6 Å². The van der Waals surface area contributed by atoms with E-state index in [9.17, 15) is 14.6 Å². The summed E-state index contributed by atoms with van der Waals surface area (Å²) in [5.41, 5.74) is 14.0. The van der Waals surface area contributed by atoms with Gasteiger partial charge in [-0.1, -0.05) is 11.6 Å². The third-order valence-electron chi connectivity index (χ3n) is 7.83. The second kappa shape index (κ2) is 7.24. The van der Waals surface area contributed by atoms with Crippen LogP contribution in [0.4, 0.5) is 16.0 Å². The minimum atomic E-state index is -0.964. The van der Waals surface area contributed by atoms with Crippen molar-refractivity contribution in [1.29, 1.82) is 0 Å². The number of aliphatic hydroxyl groups excluding tert-OH is 2. The number of hydrogen-bond donors (Lipinski definition) is 4. The van der Waals surface area contributed by atoms with Crippen molar-refractivity contribution in [2.75, 3.05) is 11.5 Å². The Morgan fingerprint density at radius 1 is 1.18 bits per heavy atom. The molecule has 2 aliphatic carbocycles. The molecule has 3 heterocycles. The highest BCUT2D eigenvalue weighted by Crippen LogP contribution is 2.70. The van der Waals surface area contributed by atoms with Crippen molar-refractivity contribution in [3.05, 3.63) is 52.7 Å². The molecule has 0 spiro atoms. The fourth-order valence-corrected chi connectivity index (χ4v) is 6.18. The van der Waals surface area contributed by atoms with Gasteiger partial charge in [-0.2, -0.15) is 0 Å². The second-order valence-electron chi connectivity index (χ2n) is 9.61. The molecular weight excluding hydrogens is 459 g/mol. The summed E-state index contributed by atoms with van der Waals surface area (Å²) in [7, 11) is 0. The Bertz CT molecular complexity index is 1480. The van der Waals surface area contributed by atoms with Gasteiger partial charge in [0.2, 0.25) is 0 Å². The normalized spacial score (nSPS) is 28.0. The number of nitrogens with zero attached hydrogens (tertiary/aromatic N) is 4. The minimum Gasteiger partial charge on any atom is -0.390 e. The van der Waals surface area contributed by atoms with Crippen molar-refractivity contribution in [3.8, 4) is 0 Å². The van der Waals surface area contributed by atoms with E-state index in [1.54, 1.807) is 12.1 Å². The van der Waals surface area contributed by atoms with Crippen molar-refractivity contribution in [2.45, 2.75) is 44.4 Å². The monoisotopic (exact) mass is 482 g/mol. The lowest BCUT2D eigenvalue weighted by Crippen LogP contribution is -2.34. The molecule has 10 heteroatoms. The molecule has 34 heavy (non-hydrogen) atoms. The fourth-order valence-electron chi connectivity index (χ4n) is 6.02. The molecule has 6 rings (SSSR count). The predicted octanol–water partition coefficient (Wildman–Crippen LogP) is 3.16. The van der Waals surface area contributed by atoms with Crippen molar-refractivity contribution in [2.24, 2.45) is 11.3 Å². The molecule has 2 aliphatic rings. The topological polar surface area (TPSA) is 136 Å². The molecule has 0 bridgehead atoms. The van der Waals surface area contributed by atoms with Crippen LogP contribution in [-0.2, 0) is 6.42 Å². The van der Waals surface area contributed by atoms with Crippen LogP contribution in [0.1, 0.15) is 30.1 Å². The standard InChI is InChI=1S/C24H24ClFN6O2/c1-10-4-13-21(27)29-9-30-23(13)32(10)18-14-8-24(14,20(34)19(18)33)3-2-11-7-17-12(6-16(11)26)5-15(25)22(28)31-17/h4-7,9,14,18-20,33-34H,2-3,8H2,1H3,(H2,28,31)(H2,27,29,30)/t14-,18-,19+,20+,24+/m1/s1. The van der Waals surface area contributed by atoms with Gasteiger partial charge in [-0.15, -0.1) is 0 Å². The molecule has 0 saturated heterocycles. The summed E-state index contributed by atoms with van der Waals surface area (Å²) in [5.74, 6) is 0.264. The van der Waals surface area contributed by atoms with Crippen LogP contribution in [0, 0.1) is 24.1 Å². The minimum absolute atomic E-state index is 0.0408. The largest absolute Gasteiger partial charge is 0.390 e. The van der Waals surface area contributed by atoms with Gasteiger partial charge >= 0.3 is 0 Å². The predicted molar refractivity (Wildman–Crippen MR) is 128 cm³/mol. The first-order valence-corrected chi connectivity index (χ1v) is 11.6. The van der Waals surface area contributed by atoms with E-state index in [4.69, 9.17) is 23.1 Å². The number of nitrogen functional groups attached to an aromatic ring is 2. The van der Waals surface area contributed by atoms with Crippen LogP contribution in [0.15, 0.2) is 30.6 Å². The lowest BCUT2D eigenvalue weighted by atomic mass is 9.91. The highest BCUT2D eigenvalue weighted by atomic mass is 35.5. The number of aryl methyl sites for hydroxylation is 2. The molecule has 5 atom stereocenters. The molecule has 0 radical (unpaired) electrons. The second-order valence-corrected chi connectivity index (χ2v) is 10.0. The summed E-state index contributed by atoms with van der Waals surface area (Å²) in [6, 6.07) is 6.26. The molecule has 6 N–H and O–H groups in total. The van der Waals surface area contributed by atoms with Gasteiger partial charge in [0, 0.05) is 16.5 Å². The summed E-state index contributed by atoms with van der Waals surface area (Å²) < 4.78 is 16.8. The van der Waals surface area contributed by atoms with Crippen molar-refractivity contribution in [1.82, 2.24) is 19.5 Å². The van der Waals surface area contributed by atoms with Gasteiger partial charge in [-0.05, 0) is 61.9 Å². The van der Waals surface area contributed by atoms with Crippen LogP contribution in [-0.4, -0.2) is 41.9 Å². The van der Waals surface area contributed by atoms with E-state index < -0.39 is 17.6 Å². The Labute approximate surface area is 199 Å². The number of pyridine rings is 1. The third-order valence-corrected chi connectivity index (χ3v) is 8.13.